The summed E-state index contributed by atoms with van der Waals surface area (Å²) >= 11 is 0. The minimum absolute atomic E-state index is 0.0101. The van der Waals surface area contributed by atoms with E-state index < -0.39 is 23.4 Å². The van der Waals surface area contributed by atoms with Crippen LogP contribution in [0.3, 0.4) is 0 Å². The first kappa shape index (κ1) is 30.6. The summed E-state index contributed by atoms with van der Waals surface area (Å²) in [6.07, 6.45) is 8.37. The van der Waals surface area contributed by atoms with Crippen molar-refractivity contribution in [2.75, 3.05) is 50.9 Å². The fourth-order valence-corrected chi connectivity index (χ4v) is 7.27. The number of allylic oxidation sites excluding steroid dienone is 7. The van der Waals surface area contributed by atoms with E-state index in [1.54, 1.807) is 13.0 Å². The summed E-state index contributed by atoms with van der Waals surface area (Å²) in [5.74, 6) is -1.06. The van der Waals surface area contributed by atoms with Crippen LogP contribution >= 0.6 is 0 Å². The van der Waals surface area contributed by atoms with E-state index in [1.165, 1.54) is 18.3 Å². The zero-order valence-corrected chi connectivity index (χ0v) is 25.6. The lowest BCUT2D eigenvalue weighted by molar-refractivity contribution is 0.107. The maximum atomic E-state index is 16.8. The first-order chi connectivity index (χ1) is 21.2. The Labute approximate surface area is 256 Å². The highest BCUT2D eigenvalue weighted by Gasteiger charge is 2.49. The number of nitrogens with zero attached hydrogens (tertiary/aromatic N) is 5. The smallest absolute Gasteiger partial charge is 0.319 e. The predicted molar refractivity (Wildman–Crippen MR) is 164 cm³/mol. The molecule has 3 aliphatic heterocycles. The molecule has 2 aromatic heterocycles. The van der Waals surface area contributed by atoms with Crippen molar-refractivity contribution in [3.05, 3.63) is 58.7 Å². The number of aliphatic hydroxyl groups is 1. The third kappa shape index (κ3) is 5.60. The second kappa shape index (κ2) is 12.5. The Morgan fingerprint density at radius 3 is 2.86 bits per heavy atom. The molecule has 0 aromatic carbocycles. The molecule has 0 bridgehead atoms. The van der Waals surface area contributed by atoms with Crippen LogP contribution in [-0.2, 0) is 4.74 Å². The Bertz CT molecular complexity index is 1550. The molecule has 6 rings (SSSR count). The maximum Gasteiger partial charge on any atom is 0.319 e. The highest BCUT2D eigenvalue weighted by Crippen LogP contribution is 2.43. The van der Waals surface area contributed by atoms with Crippen LogP contribution in [0.25, 0.3) is 16.5 Å². The number of alkyl halides is 1. The third-order valence-corrected chi connectivity index (χ3v) is 9.33. The van der Waals surface area contributed by atoms with Gasteiger partial charge in [-0.05, 0) is 62.5 Å². The number of hydrogen-bond acceptors (Lipinski definition) is 8. The summed E-state index contributed by atoms with van der Waals surface area (Å²) in [5.41, 5.74) is 0.844. The van der Waals surface area contributed by atoms with E-state index >= 15 is 8.78 Å². The van der Waals surface area contributed by atoms with E-state index in [1.807, 2.05) is 18.7 Å². The molecule has 0 radical (unpaired) electrons. The molecule has 8 nitrogen and oxygen atoms in total. The second-order valence-electron chi connectivity index (χ2n) is 12.2. The van der Waals surface area contributed by atoms with E-state index in [0.29, 0.717) is 73.6 Å². The number of halogens is 3. The summed E-state index contributed by atoms with van der Waals surface area (Å²) < 4.78 is 58.1. The lowest BCUT2D eigenvalue weighted by atomic mass is 9.82. The Kier molecular flexibility index (Phi) is 8.70. The standard InChI is InChI=1S/C33H40F3N5O3/c1-4-23(26(35)5-2)27-20(3)14-22(42)15-24(27)29-28(36)30-25(17-37-29)31(40-9-7-12-43-13-11-40)39-32(38-30)44-19-33-8-6-10-41(33)18-21(34)16-33/h5,14-15,17,20-21,42H,4,6-13,16,18-19H2,1-3H3/b26-5+,27-23+/t20?,21-,33?/m1/s1. The van der Waals surface area contributed by atoms with Crippen molar-refractivity contribution in [3.8, 4) is 6.01 Å². The second-order valence-corrected chi connectivity index (χ2v) is 12.2. The van der Waals surface area contributed by atoms with E-state index in [2.05, 4.69) is 14.9 Å². The molecule has 5 heterocycles. The largest absolute Gasteiger partial charge is 0.508 e. The summed E-state index contributed by atoms with van der Waals surface area (Å²) in [7, 11) is 0. The molecule has 236 valence electrons. The first-order valence-corrected chi connectivity index (χ1v) is 15.6. The fraction of sp³-hybridized carbons (Fsp3) is 0.545. The Morgan fingerprint density at radius 1 is 1.23 bits per heavy atom. The normalized spacial score (nSPS) is 27.7. The molecule has 0 spiro atoms. The summed E-state index contributed by atoms with van der Waals surface area (Å²) in [5, 5.41) is 11.0. The minimum atomic E-state index is -0.908. The van der Waals surface area contributed by atoms with Crippen molar-refractivity contribution >= 4 is 22.3 Å². The fourth-order valence-electron chi connectivity index (χ4n) is 7.27. The molecule has 11 heteroatoms. The molecule has 1 aliphatic carbocycles. The summed E-state index contributed by atoms with van der Waals surface area (Å²) in [6.45, 7) is 9.01. The van der Waals surface area contributed by atoms with E-state index in [9.17, 15) is 9.50 Å². The Morgan fingerprint density at radius 2 is 2.07 bits per heavy atom. The Hall–Kier alpha value is -3.44. The quantitative estimate of drug-likeness (QED) is 0.385. The maximum absolute atomic E-state index is 16.8. The number of hydrogen-bond donors (Lipinski definition) is 1. The van der Waals surface area contributed by atoms with Gasteiger partial charge in [-0.1, -0.05) is 19.9 Å². The van der Waals surface area contributed by atoms with E-state index in [0.717, 1.165) is 25.8 Å². The number of aromatic nitrogens is 3. The van der Waals surface area contributed by atoms with Crippen molar-refractivity contribution in [2.24, 2.45) is 5.92 Å². The van der Waals surface area contributed by atoms with E-state index in [4.69, 9.17) is 14.5 Å². The zero-order valence-electron chi connectivity index (χ0n) is 25.6. The molecule has 3 fully saturated rings. The van der Waals surface area contributed by atoms with Crippen LogP contribution in [0.15, 0.2) is 47.2 Å². The minimum Gasteiger partial charge on any atom is -0.508 e. The van der Waals surface area contributed by atoms with Crippen LogP contribution in [-0.4, -0.2) is 82.7 Å². The lowest BCUT2D eigenvalue weighted by Gasteiger charge is -2.31. The van der Waals surface area contributed by atoms with Crippen molar-refractivity contribution in [3.63, 3.8) is 0 Å². The van der Waals surface area contributed by atoms with Gasteiger partial charge >= 0.3 is 6.01 Å². The number of aliphatic hydroxyl groups excluding tert-OH is 1. The van der Waals surface area contributed by atoms with Crippen molar-refractivity contribution in [2.45, 2.75) is 64.6 Å². The molecule has 2 aromatic rings. The van der Waals surface area contributed by atoms with Crippen LogP contribution in [0.1, 0.15) is 58.6 Å². The van der Waals surface area contributed by atoms with Crippen molar-refractivity contribution < 1.29 is 27.8 Å². The van der Waals surface area contributed by atoms with Gasteiger partial charge in [-0.2, -0.15) is 9.97 Å². The number of fused-ring (bicyclic) bond motifs is 2. The van der Waals surface area contributed by atoms with Crippen LogP contribution in [0.2, 0.25) is 0 Å². The topological polar surface area (TPSA) is 83.8 Å². The van der Waals surface area contributed by atoms with Gasteiger partial charge in [0, 0.05) is 50.3 Å². The number of ether oxygens (including phenoxy) is 2. The van der Waals surface area contributed by atoms with Gasteiger partial charge in [0.15, 0.2) is 5.82 Å². The van der Waals surface area contributed by atoms with Gasteiger partial charge in [0.25, 0.3) is 0 Å². The van der Waals surface area contributed by atoms with Crippen LogP contribution in [0.5, 0.6) is 6.01 Å². The van der Waals surface area contributed by atoms with Gasteiger partial charge in [-0.25, -0.2) is 13.2 Å². The molecule has 0 saturated carbocycles. The molecule has 3 saturated heterocycles. The third-order valence-electron chi connectivity index (χ3n) is 9.33. The molecule has 3 atom stereocenters. The van der Waals surface area contributed by atoms with Gasteiger partial charge < -0.3 is 19.5 Å². The van der Waals surface area contributed by atoms with Gasteiger partial charge in [0.1, 0.15) is 41.4 Å². The first-order valence-electron chi connectivity index (χ1n) is 15.6. The highest BCUT2D eigenvalue weighted by molar-refractivity contribution is 5.93. The molecule has 1 N–H and O–H groups in total. The average Bonchev–Trinajstić information content (AvgIpc) is 3.38. The van der Waals surface area contributed by atoms with Crippen molar-refractivity contribution in [1.82, 2.24) is 19.9 Å². The van der Waals surface area contributed by atoms with Gasteiger partial charge in [-0.15, -0.1) is 0 Å². The van der Waals surface area contributed by atoms with Gasteiger partial charge in [0.2, 0.25) is 0 Å². The molecule has 4 aliphatic rings. The number of anilines is 1. The summed E-state index contributed by atoms with van der Waals surface area (Å²) in [4.78, 5) is 18.0. The van der Waals surface area contributed by atoms with Crippen molar-refractivity contribution in [1.29, 1.82) is 0 Å². The molecular formula is C33H40F3N5O3. The van der Waals surface area contributed by atoms with Gasteiger partial charge in [-0.3, -0.25) is 9.88 Å². The van der Waals surface area contributed by atoms with Crippen LogP contribution in [0, 0.1) is 11.7 Å². The van der Waals surface area contributed by atoms with Crippen LogP contribution in [0.4, 0.5) is 19.0 Å². The Balaban J connectivity index is 1.47. The van der Waals surface area contributed by atoms with E-state index in [-0.39, 0.29) is 35.5 Å². The molecular weight excluding hydrogens is 571 g/mol. The average molecular weight is 612 g/mol. The molecule has 44 heavy (non-hydrogen) atoms. The monoisotopic (exact) mass is 611 g/mol. The predicted octanol–water partition coefficient (Wildman–Crippen LogP) is 6.40. The SMILES string of the molecule is C/C=C(F)\C(CC)=C1\C(c2ncc3c(N4CCCOCC4)nc(OCC45CCCN4C[C@H](F)C5)nc3c2F)=CC(O)=CC1C. The van der Waals surface area contributed by atoms with Gasteiger partial charge in [0.05, 0.1) is 17.5 Å². The number of pyridine rings is 1. The summed E-state index contributed by atoms with van der Waals surface area (Å²) in [6, 6.07) is 0.0101. The van der Waals surface area contributed by atoms with Crippen LogP contribution < -0.4 is 9.64 Å². The lowest BCUT2D eigenvalue weighted by Crippen LogP contribution is -2.43. The highest BCUT2D eigenvalue weighted by atomic mass is 19.1. The number of rotatable bonds is 7. The molecule has 2 unspecified atom stereocenters. The molecule has 0 amide bonds. The zero-order chi connectivity index (χ0) is 31.0.